The van der Waals surface area contributed by atoms with Crippen LogP contribution in [0.25, 0.3) is 6.08 Å². The Bertz CT molecular complexity index is 744. The lowest BCUT2D eigenvalue weighted by atomic mass is 10.0. The third-order valence-electron chi connectivity index (χ3n) is 3.86. The van der Waals surface area contributed by atoms with E-state index < -0.39 is 0 Å². The van der Waals surface area contributed by atoms with Crippen molar-refractivity contribution in [1.82, 2.24) is 0 Å². The van der Waals surface area contributed by atoms with Gasteiger partial charge in [-0.3, -0.25) is 0 Å². The highest BCUT2D eigenvalue weighted by molar-refractivity contribution is 5.62. The molecular weight excluding hydrogens is 302 g/mol. The van der Waals surface area contributed by atoms with Gasteiger partial charge in [-0.1, -0.05) is 67.5 Å². The molecule has 0 bridgehead atoms. The van der Waals surface area contributed by atoms with Gasteiger partial charge in [-0.05, 0) is 68.5 Å². The van der Waals surface area contributed by atoms with E-state index in [2.05, 4.69) is 74.6 Å². The van der Waals surface area contributed by atoms with Crippen molar-refractivity contribution in [2.24, 2.45) is 0 Å². The zero-order valence-electron chi connectivity index (χ0n) is 16.1. The summed E-state index contributed by atoms with van der Waals surface area (Å²) in [5.41, 5.74) is 6.77. The van der Waals surface area contributed by atoms with Crippen LogP contribution in [-0.4, -0.2) is 0 Å². The summed E-state index contributed by atoms with van der Waals surface area (Å²) in [5, 5.41) is 8.86. The Balaban J connectivity index is 3.07. The van der Waals surface area contributed by atoms with Gasteiger partial charge in [-0.2, -0.15) is 5.26 Å². The van der Waals surface area contributed by atoms with Gasteiger partial charge < -0.3 is 0 Å². The summed E-state index contributed by atoms with van der Waals surface area (Å²) in [5.74, 6) is 0. The number of nitrogens with zero attached hydrogens (tertiary/aromatic N) is 1. The molecule has 0 fully saturated rings. The van der Waals surface area contributed by atoms with Gasteiger partial charge in [0.25, 0.3) is 0 Å². The van der Waals surface area contributed by atoms with Crippen LogP contribution in [0.1, 0.15) is 52.2 Å². The average molecular weight is 332 g/mol. The summed E-state index contributed by atoms with van der Waals surface area (Å²) in [6.45, 7) is 10.2. The normalized spacial score (nSPS) is 14.1. The maximum atomic E-state index is 8.86. The second-order valence-corrected chi connectivity index (χ2v) is 6.29. The Morgan fingerprint density at radius 2 is 1.76 bits per heavy atom. The monoisotopic (exact) mass is 331 g/mol. The van der Waals surface area contributed by atoms with Crippen molar-refractivity contribution >= 4 is 6.08 Å². The van der Waals surface area contributed by atoms with E-state index in [0.29, 0.717) is 0 Å². The van der Waals surface area contributed by atoms with E-state index in [1.807, 2.05) is 26.8 Å². The van der Waals surface area contributed by atoms with Gasteiger partial charge in [-0.15, -0.1) is 0 Å². The van der Waals surface area contributed by atoms with Crippen molar-refractivity contribution in [1.29, 1.82) is 5.26 Å². The first-order valence-corrected chi connectivity index (χ1v) is 8.87. The zero-order valence-corrected chi connectivity index (χ0v) is 16.1. The first-order valence-electron chi connectivity index (χ1n) is 8.87. The van der Waals surface area contributed by atoms with E-state index in [4.69, 9.17) is 5.26 Å². The standard InChI is InChI=1S/C24H29N/c1-6-8-22-12-14-23(15-13-22)17-24(9-7-2)21(5)11-10-19(3)16-20(4)18-25/h7,9-17H,6,8H2,1-5H3/b9-7-,19-10+,20-16-,21-11+,24-17+. The molecule has 0 unspecified atom stereocenters. The van der Waals surface area contributed by atoms with Crippen LogP contribution >= 0.6 is 0 Å². The molecule has 25 heavy (non-hydrogen) atoms. The molecule has 1 heteroatoms. The number of allylic oxidation sites excluding steroid dienone is 9. The maximum Gasteiger partial charge on any atom is 0.0944 e. The molecule has 0 atom stereocenters. The third-order valence-corrected chi connectivity index (χ3v) is 3.86. The van der Waals surface area contributed by atoms with Crippen LogP contribution in [0.3, 0.4) is 0 Å². The van der Waals surface area contributed by atoms with Crippen molar-refractivity contribution < 1.29 is 0 Å². The predicted octanol–water partition coefficient (Wildman–Crippen LogP) is 6.96. The zero-order chi connectivity index (χ0) is 18.7. The number of benzene rings is 1. The van der Waals surface area contributed by atoms with Crippen LogP contribution in [0.5, 0.6) is 0 Å². The molecule has 0 aliphatic rings. The molecule has 0 radical (unpaired) electrons. The van der Waals surface area contributed by atoms with Crippen molar-refractivity contribution in [3.8, 4) is 6.07 Å². The molecule has 130 valence electrons. The fourth-order valence-electron chi connectivity index (χ4n) is 2.50. The van der Waals surface area contributed by atoms with Crippen LogP contribution in [-0.2, 0) is 6.42 Å². The largest absolute Gasteiger partial charge is 0.193 e. The van der Waals surface area contributed by atoms with Gasteiger partial charge in [0.1, 0.15) is 0 Å². The Morgan fingerprint density at radius 3 is 2.32 bits per heavy atom. The molecule has 1 aromatic carbocycles. The minimum absolute atomic E-state index is 0.719. The molecule has 1 nitrogen and oxygen atoms in total. The fourth-order valence-corrected chi connectivity index (χ4v) is 2.50. The van der Waals surface area contributed by atoms with E-state index in [0.717, 1.165) is 17.6 Å². The lowest BCUT2D eigenvalue weighted by molar-refractivity contribution is 0.922. The number of aryl methyl sites for hydroxylation is 1. The smallest absolute Gasteiger partial charge is 0.0944 e. The van der Waals surface area contributed by atoms with Crippen LogP contribution in [0.2, 0.25) is 0 Å². The van der Waals surface area contributed by atoms with Gasteiger partial charge in [0.05, 0.1) is 6.07 Å². The molecule has 0 saturated heterocycles. The molecule has 0 aromatic heterocycles. The summed E-state index contributed by atoms with van der Waals surface area (Å²) >= 11 is 0. The highest BCUT2D eigenvalue weighted by Crippen LogP contribution is 2.18. The lowest BCUT2D eigenvalue weighted by Gasteiger charge is -2.04. The summed E-state index contributed by atoms with van der Waals surface area (Å²) in [6, 6.07) is 10.9. The van der Waals surface area contributed by atoms with Crippen LogP contribution < -0.4 is 0 Å². The van der Waals surface area contributed by atoms with Crippen LogP contribution in [0.4, 0.5) is 0 Å². The first kappa shape index (κ1) is 20.5. The van der Waals surface area contributed by atoms with E-state index in [1.54, 1.807) is 0 Å². The summed E-state index contributed by atoms with van der Waals surface area (Å²) in [4.78, 5) is 0. The number of hydrogen-bond acceptors (Lipinski definition) is 1. The molecule has 0 amide bonds. The predicted molar refractivity (Wildman–Crippen MR) is 110 cm³/mol. The molecular formula is C24H29N. The topological polar surface area (TPSA) is 23.8 Å². The first-order chi connectivity index (χ1) is 12.0. The molecule has 0 saturated carbocycles. The molecule has 0 spiro atoms. The van der Waals surface area contributed by atoms with Gasteiger partial charge in [-0.25, -0.2) is 0 Å². The molecule has 1 rings (SSSR count). The highest BCUT2D eigenvalue weighted by atomic mass is 14.2. The van der Waals surface area contributed by atoms with Crippen LogP contribution in [0, 0.1) is 11.3 Å². The van der Waals surface area contributed by atoms with E-state index in [9.17, 15) is 0 Å². The number of nitriles is 1. The number of hydrogen-bond donors (Lipinski definition) is 0. The van der Waals surface area contributed by atoms with Gasteiger partial charge in [0, 0.05) is 5.57 Å². The SMILES string of the molecule is C\C=C/C(=C\c1ccc(CCC)cc1)C(/C)=C/C=C(C)/C=C(/C)C#N. The Kier molecular flexibility index (Phi) is 9.04. The van der Waals surface area contributed by atoms with Gasteiger partial charge >= 0.3 is 0 Å². The highest BCUT2D eigenvalue weighted by Gasteiger charge is 1.98. The molecule has 0 aliphatic carbocycles. The van der Waals surface area contributed by atoms with E-state index >= 15 is 0 Å². The quantitative estimate of drug-likeness (QED) is 0.391. The van der Waals surface area contributed by atoms with Crippen molar-refractivity contribution in [3.63, 3.8) is 0 Å². The number of rotatable bonds is 7. The fraction of sp³-hybridized carbons (Fsp3) is 0.292. The lowest BCUT2D eigenvalue weighted by Crippen LogP contribution is -1.85. The van der Waals surface area contributed by atoms with Gasteiger partial charge in [0.2, 0.25) is 0 Å². The summed E-state index contributed by atoms with van der Waals surface area (Å²) in [6.07, 6.45) is 14.8. The minimum Gasteiger partial charge on any atom is -0.193 e. The van der Waals surface area contributed by atoms with Gasteiger partial charge in [0.15, 0.2) is 0 Å². The third kappa shape index (κ3) is 7.68. The van der Waals surface area contributed by atoms with E-state index in [-0.39, 0.29) is 0 Å². The molecule has 0 N–H and O–H groups in total. The Hall–Kier alpha value is -2.59. The van der Waals surface area contributed by atoms with Crippen molar-refractivity contribution in [3.05, 3.63) is 88.1 Å². The molecule has 0 heterocycles. The second kappa shape index (κ2) is 11.0. The Labute approximate surface area is 153 Å². The Morgan fingerprint density at radius 1 is 1.08 bits per heavy atom. The van der Waals surface area contributed by atoms with Crippen molar-refractivity contribution in [2.75, 3.05) is 0 Å². The molecule has 1 aromatic rings. The minimum atomic E-state index is 0.719. The van der Waals surface area contributed by atoms with Crippen molar-refractivity contribution in [2.45, 2.75) is 47.5 Å². The second-order valence-electron chi connectivity index (χ2n) is 6.29. The van der Waals surface area contributed by atoms with Crippen LogP contribution in [0.15, 0.2) is 76.9 Å². The van der Waals surface area contributed by atoms with E-state index in [1.165, 1.54) is 28.7 Å². The molecule has 0 aliphatic heterocycles. The maximum absolute atomic E-state index is 8.86. The average Bonchev–Trinajstić information content (AvgIpc) is 2.61. The summed E-state index contributed by atoms with van der Waals surface area (Å²) < 4.78 is 0. The summed E-state index contributed by atoms with van der Waals surface area (Å²) in [7, 11) is 0.